The predicted molar refractivity (Wildman–Crippen MR) is 85.3 cm³/mol. The Morgan fingerprint density at radius 3 is 2.45 bits per heavy atom. The second-order valence-electron chi connectivity index (χ2n) is 5.34. The van der Waals surface area contributed by atoms with Gasteiger partial charge in [0.1, 0.15) is 0 Å². The zero-order valence-electron chi connectivity index (χ0n) is 12.9. The minimum absolute atomic E-state index is 0.312. The smallest absolute Gasteiger partial charge is 0.161 e. The Balaban J connectivity index is 2.29. The van der Waals surface area contributed by atoms with Crippen LogP contribution in [-0.2, 0) is 6.42 Å². The maximum absolute atomic E-state index is 10.1. The number of rotatable bonds is 11. The molecule has 0 atom stereocenters. The van der Waals surface area contributed by atoms with E-state index >= 15 is 0 Å². The van der Waals surface area contributed by atoms with E-state index in [9.17, 15) is 5.11 Å². The van der Waals surface area contributed by atoms with Crippen LogP contribution in [0.3, 0.4) is 0 Å². The Labute approximate surface area is 124 Å². The van der Waals surface area contributed by atoms with Crippen LogP contribution in [0, 0.1) is 6.92 Å². The lowest BCUT2D eigenvalue weighted by atomic mass is 10.0. The summed E-state index contributed by atoms with van der Waals surface area (Å²) in [5, 5.41) is 10.1. The molecule has 0 amide bonds. The standard InChI is InChI=1S/C18H29O2/c1-3-5-6-7-8-9-10-12-16-13-11-14-17(18(16)19)20-15-4-2/h11,13-14,19H,2-10,12,15H2,1H3. The number of phenolic OH excluding ortho intramolecular Hbond substituents is 1. The van der Waals surface area contributed by atoms with Crippen LogP contribution in [0.2, 0.25) is 0 Å². The third kappa shape index (κ3) is 6.31. The molecule has 1 radical (unpaired) electrons. The van der Waals surface area contributed by atoms with Gasteiger partial charge in [0.25, 0.3) is 0 Å². The van der Waals surface area contributed by atoms with Gasteiger partial charge in [0.05, 0.1) is 6.61 Å². The number of hydrogen-bond acceptors (Lipinski definition) is 2. The molecule has 20 heavy (non-hydrogen) atoms. The average Bonchev–Trinajstić information content (AvgIpc) is 2.46. The molecular formula is C18H29O2. The SMILES string of the molecule is [CH2]CCOc1cccc(CCCCCCCCC)c1O. The molecule has 1 aromatic carbocycles. The van der Waals surface area contributed by atoms with E-state index in [0.29, 0.717) is 24.5 Å². The van der Waals surface area contributed by atoms with Gasteiger partial charge >= 0.3 is 0 Å². The second-order valence-corrected chi connectivity index (χ2v) is 5.34. The zero-order chi connectivity index (χ0) is 14.6. The number of benzene rings is 1. The van der Waals surface area contributed by atoms with Crippen molar-refractivity contribution in [2.45, 2.75) is 64.7 Å². The highest BCUT2D eigenvalue weighted by Gasteiger charge is 2.07. The Morgan fingerprint density at radius 1 is 1.05 bits per heavy atom. The fourth-order valence-corrected chi connectivity index (χ4v) is 2.34. The Bertz CT molecular complexity index is 360. The molecular weight excluding hydrogens is 248 g/mol. The van der Waals surface area contributed by atoms with Crippen LogP contribution in [0.4, 0.5) is 0 Å². The Hall–Kier alpha value is -1.18. The molecule has 0 heterocycles. The minimum atomic E-state index is 0.312. The van der Waals surface area contributed by atoms with Crippen molar-refractivity contribution in [1.29, 1.82) is 0 Å². The second kappa shape index (κ2) is 10.6. The molecule has 113 valence electrons. The first-order valence-electron chi connectivity index (χ1n) is 8.02. The van der Waals surface area contributed by atoms with Crippen LogP contribution in [0.1, 0.15) is 63.9 Å². The molecule has 0 spiro atoms. The summed E-state index contributed by atoms with van der Waals surface area (Å²) in [7, 11) is 0. The maximum atomic E-state index is 10.1. The minimum Gasteiger partial charge on any atom is -0.504 e. The predicted octanol–water partition coefficient (Wildman–Crippen LogP) is 5.29. The van der Waals surface area contributed by atoms with E-state index in [4.69, 9.17) is 4.74 Å². The van der Waals surface area contributed by atoms with E-state index in [1.165, 1.54) is 38.5 Å². The van der Waals surface area contributed by atoms with Crippen LogP contribution in [0.5, 0.6) is 11.5 Å². The topological polar surface area (TPSA) is 29.5 Å². The summed E-state index contributed by atoms with van der Waals surface area (Å²) in [6.45, 7) is 6.53. The molecule has 0 bridgehead atoms. The number of para-hydroxylation sites is 1. The van der Waals surface area contributed by atoms with Gasteiger partial charge in [-0.3, -0.25) is 0 Å². The maximum Gasteiger partial charge on any atom is 0.161 e. The van der Waals surface area contributed by atoms with Gasteiger partial charge < -0.3 is 9.84 Å². The summed E-state index contributed by atoms with van der Waals surface area (Å²) >= 11 is 0. The number of aryl methyl sites for hydroxylation is 1. The highest BCUT2D eigenvalue weighted by atomic mass is 16.5. The quantitative estimate of drug-likeness (QED) is 0.557. The van der Waals surface area contributed by atoms with Gasteiger partial charge in [0, 0.05) is 0 Å². The van der Waals surface area contributed by atoms with Crippen LogP contribution >= 0.6 is 0 Å². The first kappa shape index (κ1) is 16.9. The Morgan fingerprint density at radius 2 is 1.75 bits per heavy atom. The molecule has 0 aliphatic heterocycles. The summed E-state index contributed by atoms with van der Waals surface area (Å²) in [6, 6.07) is 5.76. The lowest BCUT2D eigenvalue weighted by Gasteiger charge is -2.10. The number of phenols is 1. The summed E-state index contributed by atoms with van der Waals surface area (Å²) in [6.07, 6.45) is 10.7. The molecule has 2 nitrogen and oxygen atoms in total. The first-order valence-corrected chi connectivity index (χ1v) is 8.02. The molecule has 0 aliphatic rings. The summed E-state index contributed by atoms with van der Waals surface area (Å²) in [4.78, 5) is 0. The van der Waals surface area contributed by atoms with Gasteiger partial charge in [0.2, 0.25) is 0 Å². The van der Waals surface area contributed by atoms with E-state index < -0.39 is 0 Å². The molecule has 1 aromatic rings. The average molecular weight is 277 g/mol. The normalized spacial score (nSPS) is 10.7. The molecule has 0 unspecified atom stereocenters. The van der Waals surface area contributed by atoms with E-state index in [1.54, 1.807) is 0 Å². The van der Waals surface area contributed by atoms with Gasteiger partial charge in [-0.05, 0) is 37.8 Å². The van der Waals surface area contributed by atoms with E-state index in [0.717, 1.165) is 18.4 Å². The first-order chi connectivity index (χ1) is 9.79. The van der Waals surface area contributed by atoms with E-state index in [-0.39, 0.29) is 0 Å². The lowest BCUT2D eigenvalue weighted by Crippen LogP contribution is -1.97. The fourth-order valence-electron chi connectivity index (χ4n) is 2.34. The van der Waals surface area contributed by atoms with Crippen LogP contribution in [-0.4, -0.2) is 11.7 Å². The van der Waals surface area contributed by atoms with Crippen LogP contribution < -0.4 is 4.74 Å². The molecule has 1 rings (SSSR count). The summed E-state index contributed by atoms with van der Waals surface area (Å²) in [5.74, 6) is 0.904. The Kier molecular flexibility index (Phi) is 8.93. The van der Waals surface area contributed by atoms with Gasteiger partial charge in [-0.1, -0.05) is 57.6 Å². The third-order valence-electron chi connectivity index (χ3n) is 3.53. The zero-order valence-corrected chi connectivity index (χ0v) is 12.9. The molecule has 0 aliphatic carbocycles. The van der Waals surface area contributed by atoms with E-state index in [1.807, 2.05) is 18.2 Å². The number of unbranched alkanes of at least 4 members (excludes halogenated alkanes) is 6. The van der Waals surface area contributed by atoms with Crippen molar-refractivity contribution in [3.8, 4) is 11.5 Å². The third-order valence-corrected chi connectivity index (χ3v) is 3.53. The van der Waals surface area contributed by atoms with E-state index in [2.05, 4.69) is 13.8 Å². The molecule has 0 saturated heterocycles. The fraction of sp³-hybridized carbons (Fsp3) is 0.611. The largest absolute Gasteiger partial charge is 0.504 e. The van der Waals surface area contributed by atoms with Crippen LogP contribution in [0.25, 0.3) is 0 Å². The molecule has 0 fully saturated rings. The van der Waals surface area contributed by atoms with Crippen molar-refractivity contribution in [2.24, 2.45) is 0 Å². The number of aromatic hydroxyl groups is 1. The van der Waals surface area contributed by atoms with Crippen molar-refractivity contribution < 1.29 is 9.84 Å². The number of hydrogen-bond donors (Lipinski definition) is 1. The number of ether oxygens (including phenoxy) is 1. The monoisotopic (exact) mass is 277 g/mol. The van der Waals surface area contributed by atoms with Gasteiger partial charge in [-0.15, -0.1) is 0 Å². The lowest BCUT2D eigenvalue weighted by molar-refractivity contribution is 0.303. The van der Waals surface area contributed by atoms with Crippen molar-refractivity contribution in [2.75, 3.05) is 6.61 Å². The molecule has 0 aromatic heterocycles. The van der Waals surface area contributed by atoms with Crippen molar-refractivity contribution >= 4 is 0 Å². The molecule has 2 heteroatoms. The molecule has 1 N–H and O–H groups in total. The van der Waals surface area contributed by atoms with Crippen molar-refractivity contribution in [3.05, 3.63) is 30.7 Å². The highest BCUT2D eigenvalue weighted by Crippen LogP contribution is 2.31. The van der Waals surface area contributed by atoms with Gasteiger partial charge in [0.15, 0.2) is 11.5 Å². The summed E-state index contributed by atoms with van der Waals surface area (Å²) < 4.78 is 5.49. The van der Waals surface area contributed by atoms with Gasteiger partial charge in [-0.2, -0.15) is 0 Å². The van der Waals surface area contributed by atoms with Crippen molar-refractivity contribution in [1.82, 2.24) is 0 Å². The van der Waals surface area contributed by atoms with Crippen molar-refractivity contribution in [3.63, 3.8) is 0 Å². The summed E-state index contributed by atoms with van der Waals surface area (Å²) in [5.41, 5.74) is 1.00. The van der Waals surface area contributed by atoms with Crippen LogP contribution in [0.15, 0.2) is 18.2 Å². The molecule has 0 saturated carbocycles. The van der Waals surface area contributed by atoms with Gasteiger partial charge in [-0.25, -0.2) is 0 Å². The highest BCUT2D eigenvalue weighted by molar-refractivity contribution is 5.45.